The van der Waals surface area contributed by atoms with Crippen LogP contribution >= 0.6 is 0 Å². The van der Waals surface area contributed by atoms with Crippen LogP contribution in [0.25, 0.3) is 21.9 Å². The first-order chi connectivity index (χ1) is 14.3. The van der Waals surface area contributed by atoms with Crippen LogP contribution in [0.1, 0.15) is 54.2 Å². The monoisotopic (exact) mass is 410 g/mol. The van der Waals surface area contributed by atoms with Crippen molar-refractivity contribution in [1.82, 2.24) is 5.32 Å². The summed E-state index contributed by atoms with van der Waals surface area (Å²) in [5.41, 5.74) is 4.05. The molecule has 4 rings (SSSR count). The lowest BCUT2D eigenvalue weighted by Crippen LogP contribution is -2.46. The normalized spacial score (nSPS) is 14.6. The smallest absolute Gasteiger partial charge is 0.339 e. The number of furan rings is 1. The van der Waals surface area contributed by atoms with Crippen LogP contribution in [0.4, 0.5) is 0 Å². The van der Waals surface area contributed by atoms with Gasteiger partial charge < -0.3 is 24.1 Å². The van der Waals surface area contributed by atoms with Gasteiger partial charge in [0.1, 0.15) is 16.9 Å². The first kappa shape index (κ1) is 20.2. The van der Waals surface area contributed by atoms with Gasteiger partial charge in [-0.25, -0.2) is 4.79 Å². The van der Waals surface area contributed by atoms with Gasteiger partial charge in [0.15, 0.2) is 0 Å². The fourth-order valence-corrected chi connectivity index (χ4v) is 4.32. The van der Waals surface area contributed by atoms with Gasteiger partial charge in [-0.1, -0.05) is 0 Å². The second-order valence-electron chi connectivity index (χ2n) is 8.07. The Kier molecular flexibility index (Phi) is 5.13. The number of aryl methyl sites for hydroxylation is 4. The highest BCUT2D eigenvalue weighted by Gasteiger charge is 2.23. The summed E-state index contributed by atoms with van der Waals surface area (Å²) in [4.78, 5) is 35.5. The largest absolute Gasteiger partial charge is 0.548 e. The number of nitrogens with one attached hydrogen (secondary N) is 1. The van der Waals surface area contributed by atoms with Crippen molar-refractivity contribution in [2.24, 2.45) is 0 Å². The molecule has 0 saturated carbocycles. The second kappa shape index (κ2) is 7.63. The number of fused-ring (bicyclic) bond motifs is 4. The van der Waals surface area contributed by atoms with Crippen molar-refractivity contribution in [3.05, 3.63) is 44.5 Å². The standard InChI is InChI=1S/C23H25NO6/c1-11-14(8-9-19(25)24-13(3)22(26)27)23(28)30-20-12(2)21-17(10-16(11)20)15-6-4-5-7-18(15)29-21/h10,13H,4-9H2,1-3H3,(H,24,25)(H,26,27)/p-1/t13-/m0/s1. The van der Waals surface area contributed by atoms with Crippen LogP contribution in [0.3, 0.4) is 0 Å². The van der Waals surface area contributed by atoms with E-state index in [-0.39, 0.29) is 12.8 Å². The molecule has 0 fully saturated rings. The van der Waals surface area contributed by atoms with Crippen molar-refractivity contribution < 1.29 is 23.5 Å². The molecule has 1 atom stereocenters. The molecule has 1 amide bonds. The lowest BCUT2D eigenvalue weighted by atomic mass is 9.93. The van der Waals surface area contributed by atoms with Crippen LogP contribution in [0.15, 0.2) is 19.7 Å². The highest BCUT2D eigenvalue weighted by Crippen LogP contribution is 2.37. The van der Waals surface area contributed by atoms with E-state index in [0.29, 0.717) is 11.1 Å². The van der Waals surface area contributed by atoms with Crippen LogP contribution in [0, 0.1) is 13.8 Å². The zero-order chi connectivity index (χ0) is 21.6. The number of rotatable bonds is 5. The number of aliphatic carboxylic acids is 1. The minimum absolute atomic E-state index is 0.0168. The molecule has 0 bridgehead atoms. The second-order valence-corrected chi connectivity index (χ2v) is 8.07. The number of hydrogen-bond acceptors (Lipinski definition) is 6. The van der Waals surface area contributed by atoms with Crippen molar-refractivity contribution in [3.8, 4) is 0 Å². The van der Waals surface area contributed by atoms with Gasteiger partial charge in [0.25, 0.3) is 0 Å². The molecule has 1 aliphatic carbocycles. The van der Waals surface area contributed by atoms with Gasteiger partial charge in [0.2, 0.25) is 5.91 Å². The van der Waals surface area contributed by atoms with Gasteiger partial charge in [-0.15, -0.1) is 0 Å². The third-order valence-corrected chi connectivity index (χ3v) is 6.06. The number of hydrogen-bond donors (Lipinski definition) is 1. The fraction of sp³-hybridized carbons (Fsp3) is 0.435. The molecule has 1 aromatic carbocycles. The molecule has 2 heterocycles. The minimum Gasteiger partial charge on any atom is -0.548 e. The molecule has 7 nitrogen and oxygen atoms in total. The van der Waals surface area contributed by atoms with Gasteiger partial charge in [-0.05, 0) is 58.1 Å². The number of carboxylic acids is 1. The first-order valence-electron chi connectivity index (χ1n) is 10.3. The number of carbonyl (C=O) groups is 2. The Labute approximate surface area is 173 Å². The number of carbonyl (C=O) groups excluding carboxylic acids is 2. The molecule has 3 aromatic rings. The van der Waals surface area contributed by atoms with Gasteiger partial charge >= 0.3 is 5.63 Å². The lowest BCUT2D eigenvalue weighted by Gasteiger charge is -2.15. The predicted molar refractivity (Wildman–Crippen MR) is 109 cm³/mol. The summed E-state index contributed by atoms with van der Waals surface area (Å²) in [5.74, 6) is -0.789. The summed E-state index contributed by atoms with van der Waals surface area (Å²) in [6.45, 7) is 5.09. The zero-order valence-corrected chi connectivity index (χ0v) is 17.3. The van der Waals surface area contributed by atoms with Crippen LogP contribution in [0.2, 0.25) is 0 Å². The topological polar surface area (TPSA) is 113 Å². The maximum atomic E-state index is 12.6. The fourth-order valence-electron chi connectivity index (χ4n) is 4.32. The Morgan fingerprint density at radius 2 is 1.80 bits per heavy atom. The molecule has 0 aliphatic heterocycles. The van der Waals surface area contributed by atoms with E-state index >= 15 is 0 Å². The number of amides is 1. The molecule has 0 saturated heterocycles. The van der Waals surface area contributed by atoms with Gasteiger partial charge in [-0.3, -0.25) is 4.79 Å². The summed E-state index contributed by atoms with van der Waals surface area (Å²) >= 11 is 0. The maximum absolute atomic E-state index is 12.6. The van der Waals surface area contributed by atoms with Crippen LogP contribution in [-0.4, -0.2) is 17.9 Å². The third-order valence-electron chi connectivity index (χ3n) is 6.06. The Hall–Kier alpha value is -3.09. The molecule has 1 N–H and O–H groups in total. The van der Waals surface area contributed by atoms with Crippen molar-refractivity contribution in [2.75, 3.05) is 0 Å². The molecule has 0 radical (unpaired) electrons. The van der Waals surface area contributed by atoms with Crippen LogP contribution in [0.5, 0.6) is 0 Å². The summed E-state index contributed by atoms with van der Waals surface area (Å²) < 4.78 is 11.8. The zero-order valence-electron chi connectivity index (χ0n) is 17.3. The molecular formula is C23H24NO6-. The summed E-state index contributed by atoms with van der Waals surface area (Å²) in [6.07, 6.45) is 4.29. The van der Waals surface area contributed by atoms with Gasteiger partial charge in [-0.2, -0.15) is 0 Å². The Balaban J connectivity index is 1.73. The minimum atomic E-state index is -1.35. The molecule has 2 aromatic heterocycles. The summed E-state index contributed by atoms with van der Waals surface area (Å²) in [6, 6.07) is 0.945. The van der Waals surface area contributed by atoms with Crippen molar-refractivity contribution in [1.29, 1.82) is 0 Å². The molecule has 30 heavy (non-hydrogen) atoms. The molecule has 0 unspecified atom stereocenters. The van der Waals surface area contributed by atoms with Crippen molar-refractivity contribution >= 4 is 33.8 Å². The van der Waals surface area contributed by atoms with E-state index in [1.807, 2.05) is 19.9 Å². The molecular weight excluding hydrogens is 386 g/mol. The van der Waals surface area contributed by atoms with E-state index in [2.05, 4.69) is 5.32 Å². The van der Waals surface area contributed by atoms with E-state index < -0.39 is 23.5 Å². The molecule has 7 heteroatoms. The number of carboxylic acid groups (broad SMARTS) is 1. The van der Waals surface area contributed by atoms with Crippen LogP contribution < -0.4 is 16.0 Å². The Morgan fingerprint density at radius 3 is 2.53 bits per heavy atom. The average Bonchev–Trinajstić information content (AvgIpc) is 3.08. The van der Waals surface area contributed by atoms with E-state index in [0.717, 1.165) is 58.9 Å². The van der Waals surface area contributed by atoms with Crippen LogP contribution in [-0.2, 0) is 28.9 Å². The van der Waals surface area contributed by atoms with E-state index in [9.17, 15) is 19.5 Å². The first-order valence-corrected chi connectivity index (χ1v) is 10.3. The van der Waals surface area contributed by atoms with Crippen molar-refractivity contribution in [3.63, 3.8) is 0 Å². The Morgan fingerprint density at radius 1 is 1.10 bits per heavy atom. The average molecular weight is 410 g/mol. The summed E-state index contributed by atoms with van der Waals surface area (Å²) in [5, 5.41) is 15.0. The van der Waals surface area contributed by atoms with E-state index in [4.69, 9.17) is 8.83 Å². The predicted octanol–water partition coefficient (Wildman–Crippen LogP) is 2.22. The van der Waals surface area contributed by atoms with E-state index in [1.165, 1.54) is 12.5 Å². The Bertz CT molecular complexity index is 1230. The quantitative estimate of drug-likeness (QED) is 0.646. The highest BCUT2D eigenvalue weighted by atomic mass is 16.4. The van der Waals surface area contributed by atoms with Gasteiger partial charge in [0, 0.05) is 40.3 Å². The van der Waals surface area contributed by atoms with Crippen molar-refractivity contribution in [2.45, 2.75) is 65.3 Å². The van der Waals surface area contributed by atoms with Gasteiger partial charge in [0.05, 0.1) is 12.0 Å². The number of benzene rings is 1. The maximum Gasteiger partial charge on any atom is 0.339 e. The molecule has 158 valence electrons. The highest BCUT2D eigenvalue weighted by molar-refractivity contribution is 6.00. The summed E-state index contributed by atoms with van der Waals surface area (Å²) in [7, 11) is 0. The van der Waals surface area contributed by atoms with E-state index in [1.54, 1.807) is 0 Å². The molecule has 1 aliphatic rings. The molecule has 0 spiro atoms. The lowest BCUT2D eigenvalue weighted by molar-refractivity contribution is -0.307. The third kappa shape index (κ3) is 3.38. The SMILES string of the molecule is Cc1c(CCC(=O)N[C@@H](C)C(=O)[O-])c(=O)oc2c(C)c3oc4c(c3cc12)CCCC4.